The second kappa shape index (κ2) is 14.7. The molecule has 0 saturated heterocycles. The van der Waals surface area contributed by atoms with Gasteiger partial charge < -0.3 is 9.64 Å². The molecule has 0 unspecified atom stereocenters. The highest BCUT2D eigenvalue weighted by atomic mass is 16.5. The Hall–Kier alpha value is -3.26. The molecule has 0 atom stereocenters. The van der Waals surface area contributed by atoms with Crippen LogP contribution in [-0.4, -0.2) is 0 Å². The van der Waals surface area contributed by atoms with Gasteiger partial charge in [-0.25, -0.2) is 0 Å². The van der Waals surface area contributed by atoms with Crippen molar-refractivity contribution in [3.8, 4) is 11.5 Å². The second-order valence-electron chi connectivity index (χ2n) is 5.87. The van der Waals surface area contributed by atoms with Gasteiger partial charge in [0.2, 0.25) is 0 Å². The van der Waals surface area contributed by atoms with Crippen LogP contribution in [0.4, 0.5) is 17.1 Å². The summed E-state index contributed by atoms with van der Waals surface area (Å²) < 4.78 is 6.10. The normalized spacial score (nSPS) is 10.1. The minimum Gasteiger partial charge on any atom is -0.453 e. The number of hydrogen-bond donors (Lipinski definition) is 0. The summed E-state index contributed by atoms with van der Waals surface area (Å²) in [6.45, 7) is 16.0. The van der Waals surface area contributed by atoms with Crippen molar-refractivity contribution in [2.24, 2.45) is 0 Å². The fourth-order valence-corrected chi connectivity index (χ4v) is 3.37. The van der Waals surface area contributed by atoms with Crippen molar-refractivity contribution in [3.05, 3.63) is 91.0 Å². The SMILES string of the molecule is CC.CC.CC.CC.c1ccc2c(c1)Oc1ccccc1N2c1cccc2ccccc12. The number of anilines is 3. The summed E-state index contributed by atoms with van der Waals surface area (Å²) in [6, 6.07) is 31.3. The molecule has 0 spiro atoms. The molecule has 0 bridgehead atoms. The van der Waals surface area contributed by atoms with Crippen LogP contribution in [0.1, 0.15) is 55.4 Å². The Morgan fingerprint density at radius 2 is 0.844 bits per heavy atom. The number of fused-ring (bicyclic) bond motifs is 3. The summed E-state index contributed by atoms with van der Waals surface area (Å²) in [6.07, 6.45) is 0. The summed E-state index contributed by atoms with van der Waals surface area (Å²) in [5.74, 6) is 1.76. The minimum absolute atomic E-state index is 0.879. The molecule has 0 aromatic heterocycles. The van der Waals surface area contributed by atoms with Gasteiger partial charge in [-0.1, -0.05) is 116 Å². The molecule has 1 aliphatic heterocycles. The molecule has 32 heavy (non-hydrogen) atoms. The van der Waals surface area contributed by atoms with Crippen LogP contribution in [0.5, 0.6) is 11.5 Å². The standard InChI is InChI=1S/C22H15NO.4C2H6/c1-2-10-17-16(8-1)9-7-13-18(17)23-19-11-3-5-14-21(19)24-22-15-6-4-12-20(22)23;4*1-2/h1-15H;4*1-2H3. The summed E-state index contributed by atoms with van der Waals surface area (Å²) in [5.41, 5.74) is 3.29. The Kier molecular flexibility index (Phi) is 12.3. The average molecular weight is 430 g/mol. The van der Waals surface area contributed by atoms with E-state index in [9.17, 15) is 0 Å². The van der Waals surface area contributed by atoms with Crippen LogP contribution in [0, 0.1) is 0 Å². The van der Waals surface area contributed by atoms with E-state index in [2.05, 4.69) is 59.5 Å². The summed E-state index contributed by atoms with van der Waals surface area (Å²) >= 11 is 0. The zero-order valence-corrected chi connectivity index (χ0v) is 21.0. The monoisotopic (exact) mass is 429 g/mol. The van der Waals surface area contributed by atoms with Gasteiger partial charge in [-0.3, -0.25) is 0 Å². The van der Waals surface area contributed by atoms with Crippen molar-refractivity contribution in [2.75, 3.05) is 4.90 Å². The largest absolute Gasteiger partial charge is 0.453 e. The number of hydrogen-bond acceptors (Lipinski definition) is 2. The van der Waals surface area contributed by atoms with E-state index in [0.29, 0.717) is 0 Å². The number of benzene rings is 4. The van der Waals surface area contributed by atoms with Crippen molar-refractivity contribution in [1.29, 1.82) is 0 Å². The Balaban J connectivity index is 0.000000581. The lowest BCUT2D eigenvalue weighted by atomic mass is 10.1. The average Bonchev–Trinajstić information content (AvgIpc) is 2.91. The molecular formula is C30H39NO. The van der Waals surface area contributed by atoms with Crippen molar-refractivity contribution < 1.29 is 4.74 Å². The number of para-hydroxylation sites is 4. The quantitative estimate of drug-likeness (QED) is 0.263. The molecular weight excluding hydrogens is 390 g/mol. The van der Waals surface area contributed by atoms with E-state index >= 15 is 0 Å². The van der Waals surface area contributed by atoms with Crippen LogP contribution in [0.2, 0.25) is 0 Å². The van der Waals surface area contributed by atoms with Gasteiger partial charge in [0.1, 0.15) is 0 Å². The van der Waals surface area contributed by atoms with Crippen LogP contribution < -0.4 is 9.64 Å². The van der Waals surface area contributed by atoms with Gasteiger partial charge in [0.15, 0.2) is 11.5 Å². The highest BCUT2D eigenvalue weighted by Gasteiger charge is 2.25. The third-order valence-electron chi connectivity index (χ3n) is 4.44. The maximum absolute atomic E-state index is 6.10. The van der Waals surface area contributed by atoms with Gasteiger partial charge in [-0.2, -0.15) is 0 Å². The molecule has 2 nitrogen and oxygen atoms in total. The lowest BCUT2D eigenvalue weighted by Crippen LogP contribution is -2.15. The lowest BCUT2D eigenvalue weighted by molar-refractivity contribution is 0.477. The van der Waals surface area contributed by atoms with Crippen molar-refractivity contribution in [1.82, 2.24) is 0 Å². The smallest absolute Gasteiger partial charge is 0.151 e. The van der Waals surface area contributed by atoms with Crippen molar-refractivity contribution in [3.63, 3.8) is 0 Å². The van der Waals surface area contributed by atoms with Gasteiger partial charge in [0.05, 0.1) is 17.1 Å². The first-order valence-electron chi connectivity index (χ1n) is 12.1. The molecule has 4 aromatic carbocycles. The van der Waals surface area contributed by atoms with Crippen LogP contribution in [0.15, 0.2) is 91.0 Å². The molecule has 1 aliphatic rings. The zero-order chi connectivity index (χ0) is 23.9. The zero-order valence-electron chi connectivity index (χ0n) is 21.0. The maximum atomic E-state index is 6.10. The predicted octanol–water partition coefficient (Wildman–Crippen LogP) is 10.5. The molecule has 0 fully saturated rings. The Morgan fingerprint density at radius 3 is 1.41 bits per heavy atom. The summed E-state index contributed by atoms with van der Waals surface area (Å²) in [4.78, 5) is 2.29. The molecule has 0 N–H and O–H groups in total. The fourth-order valence-electron chi connectivity index (χ4n) is 3.37. The van der Waals surface area contributed by atoms with E-state index in [1.165, 1.54) is 10.8 Å². The second-order valence-corrected chi connectivity index (χ2v) is 5.87. The molecule has 170 valence electrons. The molecule has 2 heteroatoms. The van der Waals surface area contributed by atoms with Crippen LogP contribution in [0.25, 0.3) is 10.8 Å². The van der Waals surface area contributed by atoms with Gasteiger partial charge in [-0.05, 0) is 35.7 Å². The topological polar surface area (TPSA) is 12.5 Å². The van der Waals surface area contributed by atoms with Gasteiger partial charge >= 0.3 is 0 Å². The molecule has 0 radical (unpaired) electrons. The Morgan fingerprint density at radius 1 is 0.438 bits per heavy atom. The minimum atomic E-state index is 0.879. The van der Waals surface area contributed by atoms with Crippen molar-refractivity contribution >= 4 is 27.8 Å². The van der Waals surface area contributed by atoms with Gasteiger partial charge in [0, 0.05) is 5.39 Å². The molecule has 0 aliphatic carbocycles. The van der Waals surface area contributed by atoms with Gasteiger partial charge in [0.25, 0.3) is 0 Å². The summed E-state index contributed by atoms with van der Waals surface area (Å²) in [5, 5.41) is 2.46. The summed E-state index contributed by atoms with van der Waals surface area (Å²) in [7, 11) is 0. The van der Waals surface area contributed by atoms with Gasteiger partial charge in [-0.15, -0.1) is 0 Å². The first-order valence-corrected chi connectivity index (χ1v) is 12.1. The Bertz CT molecular complexity index is 1000. The highest BCUT2D eigenvalue weighted by molar-refractivity contribution is 6.00. The van der Waals surface area contributed by atoms with E-state index in [-0.39, 0.29) is 0 Å². The predicted molar refractivity (Wildman–Crippen MR) is 144 cm³/mol. The van der Waals surface area contributed by atoms with E-state index in [1.807, 2.05) is 91.8 Å². The highest BCUT2D eigenvalue weighted by Crippen LogP contribution is 2.51. The molecule has 5 rings (SSSR count). The molecule has 4 aromatic rings. The Labute approximate surface area is 195 Å². The van der Waals surface area contributed by atoms with E-state index < -0.39 is 0 Å². The molecule has 0 saturated carbocycles. The number of rotatable bonds is 1. The fraction of sp³-hybridized carbons (Fsp3) is 0.267. The van der Waals surface area contributed by atoms with Crippen LogP contribution in [0.3, 0.4) is 0 Å². The van der Waals surface area contributed by atoms with Crippen LogP contribution in [-0.2, 0) is 0 Å². The lowest BCUT2D eigenvalue weighted by Gasteiger charge is -2.33. The van der Waals surface area contributed by atoms with E-state index in [1.54, 1.807) is 0 Å². The first-order chi connectivity index (χ1) is 15.9. The molecule has 0 amide bonds. The van der Waals surface area contributed by atoms with Crippen molar-refractivity contribution in [2.45, 2.75) is 55.4 Å². The van der Waals surface area contributed by atoms with E-state index in [4.69, 9.17) is 4.74 Å². The molecule has 1 heterocycles. The third kappa shape index (κ3) is 5.70. The number of nitrogens with zero attached hydrogens (tertiary/aromatic N) is 1. The van der Waals surface area contributed by atoms with E-state index in [0.717, 1.165) is 28.6 Å². The maximum Gasteiger partial charge on any atom is 0.151 e. The first kappa shape index (κ1) is 26.8. The van der Waals surface area contributed by atoms with Crippen LogP contribution >= 0.6 is 0 Å². The third-order valence-corrected chi connectivity index (χ3v) is 4.44. The number of ether oxygens (including phenoxy) is 1.